The minimum absolute atomic E-state index is 0.110. The number of fused-ring (bicyclic) bond motifs is 1. The molecule has 2 saturated heterocycles. The number of hydrogen-bond acceptors (Lipinski definition) is 4. The van der Waals surface area contributed by atoms with Crippen LogP contribution in [0.4, 0.5) is 8.78 Å². The van der Waals surface area contributed by atoms with E-state index in [1.54, 1.807) is 4.90 Å². The maximum atomic E-state index is 13.7. The molecule has 2 aliphatic heterocycles. The number of carbonyl (C=O) groups is 1. The third-order valence-electron chi connectivity index (χ3n) is 4.16. The molecule has 0 N–H and O–H groups in total. The standard InChI is InChI=1S/C14H17F2N3O2/c1-18-4-5-21-12-2-3-19(8-11(12)18)14(20)13-10(16)6-9(15)7-17-13/h6-7,11-12H,2-5,8H2,1H3/t11-,12-/m0/s1. The van der Waals surface area contributed by atoms with Gasteiger partial charge in [-0.3, -0.25) is 9.69 Å². The fourth-order valence-electron chi connectivity index (χ4n) is 2.95. The Hall–Kier alpha value is -1.60. The summed E-state index contributed by atoms with van der Waals surface area (Å²) >= 11 is 0. The number of likely N-dealkylation sites (tertiary alicyclic amines) is 1. The van der Waals surface area contributed by atoms with E-state index < -0.39 is 17.5 Å². The van der Waals surface area contributed by atoms with Crippen LogP contribution in [-0.4, -0.2) is 66.1 Å². The van der Waals surface area contributed by atoms with Gasteiger partial charge in [-0.2, -0.15) is 0 Å². The Balaban J connectivity index is 1.76. The van der Waals surface area contributed by atoms with Crippen LogP contribution in [0, 0.1) is 11.6 Å². The number of nitrogens with zero attached hydrogens (tertiary/aromatic N) is 3. The van der Waals surface area contributed by atoms with Crippen molar-refractivity contribution in [3.8, 4) is 0 Å². The SMILES string of the molecule is CN1CCO[C@H]2CCN(C(=O)c3ncc(F)cc3F)C[C@@H]21. The first-order valence-corrected chi connectivity index (χ1v) is 6.98. The summed E-state index contributed by atoms with van der Waals surface area (Å²) in [5.74, 6) is -2.21. The molecular formula is C14H17F2N3O2. The van der Waals surface area contributed by atoms with E-state index in [-0.39, 0.29) is 17.8 Å². The Bertz CT molecular complexity index is 555. The number of hydrogen-bond donors (Lipinski definition) is 0. The van der Waals surface area contributed by atoms with E-state index in [4.69, 9.17) is 4.74 Å². The third-order valence-corrected chi connectivity index (χ3v) is 4.16. The van der Waals surface area contributed by atoms with Crippen LogP contribution in [0.15, 0.2) is 12.3 Å². The minimum Gasteiger partial charge on any atom is -0.375 e. The molecule has 21 heavy (non-hydrogen) atoms. The van der Waals surface area contributed by atoms with Gasteiger partial charge in [-0.1, -0.05) is 0 Å². The minimum atomic E-state index is -0.921. The van der Waals surface area contributed by atoms with E-state index >= 15 is 0 Å². The molecule has 1 aromatic rings. The Morgan fingerprint density at radius 3 is 3.00 bits per heavy atom. The molecule has 2 fully saturated rings. The number of likely N-dealkylation sites (N-methyl/N-ethyl adjacent to an activating group) is 1. The number of morpholine rings is 1. The summed E-state index contributed by atoms with van der Waals surface area (Å²) in [4.78, 5) is 19.7. The van der Waals surface area contributed by atoms with Crippen LogP contribution in [0.3, 0.4) is 0 Å². The van der Waals surface area contributed by atoms with Gasteiger partial charge in [0.15, 0.2) is 11.5 Å². The molecule has 3 heterocycles. The molecular weight excluding hydrogens is 280 g/mol. The largest absolute Gasteiger partial charge is 0.375 e. The van der Waals surface area contributed by atoms with Crippen LogP contribution in [-0.2, 0) is 4.74 Å². The van der Waals surface area contributed by atoms with Gasteiger partial charge in [0.25, 0.3) is 5.91 Å². The van der Waals surface area contributed by atoms with Gasteiger partial charge in [0.05, 0.1) is 24.9 Å². The highest BCUT2D eigenvalue weighted by Gasteiger charge is 2.37. The summed E-state index contributed by atoms with van der Waals surface area (Å²) in [5, 5.41) is 0. The maximum Gasteiger partial charge on any atom is 0.275 e. The fraction of sp³-hybridized carbons (Fsp3) is 0.571. The fourth-order valence-corrected chi connectivity index (χ4v) is 2.95. The van der Waals surface area contributed by atoms with Crippen molar-refractivity contribution in [2.24, 2.45) is 0 Å². The number of carbonyl (C=O) groups excluding carboxylic acids is 1. The van der Waals surface area contributed by atoms with Gasteiger partial charge in [-0.15, -0.1) is 0 Å². The average Bonchev–Trinajstić information content (AvgIpc) is 2.47. The van der Waals surface area contributed by atoms with Crippen LogP contribution in [0.1, 0.15) is 16.9 Å². The maximum absolute atomic E-state index is 13.7. The van der Waals surface area contributed by atoms with E-state index in [0.29, 0.717) is 32.2 Å². The molecule has 0 spiro atoms. The molecule has 0 aliphatic carbocycles. The summed E-state index contributed by atoms with van der Waals surface area (Å²) in [6.45, 7) is 2.47. The van der Waals surface area contributed by atoms with Gasteiger partial charge < -0.3 is 9.64 Å². The van der Waals surface area contributed by atoms with Crippen molar-refractivity contribution in [2.75, 3.05) is 33.3 Å². The lowest BCUT2D eigenvalue weighted by molar-refractivity contribution is -0.0894. The van der Waals surface area contributed by atoms with Crippen molar-refractivity contribution in [1.82, 2.24) is 14.8 Å². The smallest absolute Gasteiger partial charge is 0.275 e. The van der Waals surface area contributed by atoms with Gasteiger partial charge in [0, 0.05) is 25.7 Å². The molecule has 0 saturated carbocycles. The highest BCUT2D eigenvalue weighted by molar-refractivity contribution is 5.92. The third kappa shape index (κ3) is 2.75. The van der Waals surface area contributed by atoms with Crippen molar-refractivity contribution in [2.45, 2.75) is 18.6 Å². The number of amides is 1. The molecule has 0 bridgehead atoms. The van der Waals surface area contributed by atoms with E-state index in [1.807, 2.05) is 7.05 Å². The van der Waals surface area contributed by atoms with Gasteiger partial charge in [-0.25, -0.2) is 13.8 Å². The second kappa shape index (κ2) is 5.65. The Morgan fingerprint density at radius 2 is 2.24 bits per heavy atom. The topological polar surface area (TPSA) is 45.7 Å². The summed E-state index contributed by atoms with van der Waals surface area (Å²) in [7, 11) is 1.99. The first kappa shape index (κ1) is 14.3. The zero-order valence-electron chi connectivity index (χ0n) is 11.8. The number of aromatic nitrogens is 1. The number of rotatable bonds is 1. The molecule has 5 nitrogen and oxygen atoms in total. The van der Waals surface area contributed by atoms with Crippen LogP contribution in [0.2, 0.25) is 0 Å². The van der Waals surface area contributed by atoms with Crippen LogP contribution >= 0.6 is 0 Å². The normalized spacial score (nSPS) is 26.5. The molecule has 0 unspecified atom stereocenters. The molecule has 0 aromatic carbocycles. The monoisotopic (exact) mass is 297 g/mol. The van der Waals surface area contributed by atoms with E-state index in [2.05, 4.69) is 9.88 Å². The highest BCUT2D eigenvalue weighted by atomic mass is 19.1. The number of piperidine rings is 1. The lowest BCUT2D eigenvalue weighted by Crippen LogP contribution is -2.59. The molecule has 2 aliphatic rings. The first-order valence-electron chi connectivity index (χ1n) is 6.98. The predicted octanol–water partition coefficient (Wildman–Crippen LogP) is 0.905. The molecule has 1 amide bonds. The Morgan fingerprint density at radius 1 is 1.43 bits per heavy atom. The Kier molecular flexibility index (Phi) is 3.86. The van der Waals surface area contributed by atoms with Crippen molar-refractivity contribution >= 4 is 5.91 Å². The predicted molar refractivity (Wildman–Crippen MR) is 70.8 cm³/mol. The van der Waals surface area contributed by atoms with Crippen molar-refractivity contribution in [3.05, 3.63) is 29.6 Å². The van der Waals surface area contributed by atoms with E-state index in [0.717, 1.165) is 12.7 Å². The second-order valence-corrected chi connectivity index (χ2v) is 5.48. The molecule has 7 heteroatoms. The number of pyridine rings is 1. The molecule has 0 radical (unpaired) electrons. The zero-order chi connectivity index (χ0) is 15.0. The van der Waals surface area contributed by atoms with Gasteiger partial charge in [0.1, 0.15) is 5.82 Å². The Labute approximate surface area is 121 Å². The summed E-state index contributed by atoms with van der Waals surface area (Å²) in [5.41, 5.74) is -0.325. The number of halogens is 2. The average molecular weight is 297 g/mol. The van der Waals surface area contributed by atoms with Crippen molar-refractivity contribution in [3.63, 3.8) is 0 Å². The highest BCUT2D eigenvalue weighted by Crippen LogP contribution is 2.23. The molecule has 2 atom stereocenters. The lowest BCUT2D eigenvalue weighted by atomic mass is 9.99. The van der Waals surface area contributed by atoms with Gasteiger partial charge >= 0.3 is 0 Å². The van der Waals surface area contributed by atoms with E-state index in [1.165, 1.54) is 0 Å². The quantitative estimate of drug-likeness (QED) is 0.773. The van der Waals surface area contributed by atoms with Crippen LogP contribution < -0.4 is 0 Å². The zero-order valence-corrected chi connectivity index (χ0v) is 11.8. The second-order valence-electron chi connectivity index (χ2n) is 5.48. The lowest BCUT2D eigenvalue weighted by Gasteiger charge is -2.45. The number of ether oxygens (including phenoxy) is 1. The molecule has 1 aromatic heterocycles. The van der Waals surface area contributed by atoms with Gasteiger partial charge in [0.2, 0.25) is 0 Å². The van der Waals surface area contributed by atoms with Crippen LogP contribution in [0.5, 0.6) is 0 Å². The van der Waals surface area contributed by atoms with Crippen molar-refractivity contribution < 1.29 is 18.3 Å². The van der Waals surface area contributed by atoms with Crippen molar-refractivity contribution in [1.29, 1.82) is 0 Å². The molecule has 3 rings (SSSR count). The molecule has 114 valence electrons. The summed E-state index contributed by atoms with van der Waals surface area (Å²) < 4.78 is 32.3. The first-order chi connectivity index (χ1) is 10.1. The summed E-state index contributed by atoms with van der Waals surface area (Å²) in [6.07, 6.45) is 1.68. The van der Waals surface area contributed by atoms with E-state index in [9.17, 15) is 13.6 Å². The van der Waals surface area contributed by atoms with Crippen LogP contribution in [0.25, 0.3) is 0 Å². The van der Waals surface area contributed by atoms with Gasteiger partial charge in [-0.05, 0) is 13.5 Å². The summed E-state index contributed by atoms with van der Waals surface area (Å²) in [6, 6.07) is 0.794.